The highest BCUT2D eigenvalue weighted by atomic mass is 16.6. The maximum Gasteiger partial charge on any atom is 0.306 e. The number of allylic oxidation sites excluding steroid dienone is 6. The summed E-state index contributed by atoms with van der Waals surface area (Å²) in [6.07, 6.45) is 71.5. The maximum absolute atomic E-state index is 12.9. The Hall–Kier alpha value is -2.37. The van der Waals surface area contributed by atoms with Crippen LogP contribution in [0.3, 0.4) is 0 Å². The second-order valence-corrected chi connectivity index (χ2v) is 21.0. The van der Waals surface area contributed by atoms with Gasteiger partial charge in [-0.1, -0.05) is 276 Å². The largest absolute Gasteiger partial charge is 0.462 e. The molecule has 0 N–H and O–H groups in total. The Morgan fingerprint density at radius 2 is 0.514 bits per heavy atom. The summed E-state index contributed by atoms with van der Waals surface area (Å²) in [7, 11) is 0. The van der Waals surface area contributed by atoms with Crippen LogP contribution in [0.2, 0.25) is 0 Å². The normalized spacial score (nSPS) is 12.2. The summed E-state index contributed by atoms with van der Waals surface area (Å²) in [5.41, 5.74) is 0. The van der Waals surface area contributed by atoms with Crippen LogP contribution in [0.15, 0.2) is 36.5 Å². The van der Waals surface area contributed by atoms with Gasteiger partial charge in [-0.25, -0.2) is 0 Å². The highest BCUT2D eigenvalue weighted by molar-refractivity contribution is 5.71. The average Bonchev–Trinajstić information content (AvgIpc) is 3.36. The number of rotatable bonds is 57. The second kappa shape index (κ2) is 59.2. The third kappa shape index (κ3) is 56.5. The molecule has 6 heteroatoms. The van der Waals surface area contributed by atoms with E-state index in [0.29, 0.717) is 19.3 Å². The standard InChI is InChI=1S/C64H118O6/c1-4-7-10-13-16-19-22-25-27-28-29-30-31-32-33-34-35-36-38-39-42-45-48-51-54-57-63(66)69-60-61(59-68-62(65)56-53-50-47-44-41-24-21-18-15-12-9-6-3)70-64(67)58-55-52-49-46-43-40-37-26-23-20-17-14-11-8-5-2/h22,25-26,28-29,37,61H,4-21,23-24,27,30-36,38-60H2,1-3H3/b25-22-,29-28-,37-26-. The van der Waals surface area contributed by atoms with Crippen molar-refractivity contribution in [3.05, 3.63) is 36.5 Å². The molecule has 410 valence electrons. The number of esters is 3. The molecule has 0 saturated carbocycles. The number of carbonyl (C=O) groups excluding carboxylic acids is 3. The molecule has 0 aromatic carbocycles. The lowest BCUT2D eigenvalue weighted by Gasteiger charge is -2.18. The lowest BCUT2D eigenvalue weighted by atomic mass is 10.0. The molecule has 0 amide bonds. The lowest BCUT2D eigenvalue weighted by Crippen LogP contribution is -2.30. The molecule has 0 aliphatic rings. The minimum absolute atomic E-state index is 0.0713. The van der Waals surface area contributed by atoms with E-state index in [-0.39, 0.29) is 31.1 Å². The molecule has 0 aromatic rings. The zero-order valence-electron chi connectivity index (χ0n) is 47.1. The zero-order valence-corrected chi connectivity index (χ0v) is 47.1. The van der Waals surface area contributed by atoms with Crippen LogP contribution in [0.1, 0.15) is 335 Å². The van der Waals surface area contributed by atoms with Crippen LogP contribution in [0.25, 0.3) is 0 Å². The van der Waals surface area contributed by atoms with Crippen LogP contribution in [0.5, 0.6) is 0 Å². The van der Waals surface area contributed by atoms with E-state index in [9.17, 15) is 14.4 Å². The van der Waals surface area contributed by atoms with Gasteiger partial charge in [0.1, 0.15) is 13.2 Å². The summed E-state index contributed by atoms with van der Waals surface area (Å²) in [6, 6.07) is 0. The summed E-state index contributed by atoms with van der Waals surface area (Å²) >= 11 is 0. The predicted octanol–water partition coefficient (Wildman–Crippen LogP) is 20.8. The Balaban J connectivity index is 4.23. The summed E-state index contributed by atoms with van der Waals surface area (Å²) in [6.45, 7) is 6.66. The monoisotopic (exact) mass is 983 g/mol. The fourth-order valence-corrected chi connectivity index (χ4v) is 9.18. The minimum Gasteiger partial charge on any atom is -0.462 e. The van der Waals surface area contributed by atoms with Gasteiger partial charge in [0.25, 0.3) is 0 Å². The molecule has 0 aliphatic heterocycles. The van der Waals surface area contributed by atoms with Gasteiger partial charge in [0.15, 0.2) is 6.10 Å². The van der Waals surface area contributed by atoms with Crippen molar-refractivity contribution in [3.63, 3.8) is 0 Å². The van der Waals surface area contributed by atoms with Crippen molar-refractivity contribution in [2.75, 3.05) is 13.2 Å². The maximum atomic E-state index is 12.9. The smallest absolute Gasteiger partial charge is 0.306 e. The van der Waals surface area contributed by atoms with Crippen molar-refractivity contribution >= 4 is 17.9 Å². The molecule has 6 nitrogen and oxygen atoms in total. The number of unbranched alkanes of at least 4 members (excludes halogenated alkanes) is 40. The van der Waals surface area contributed by atoms with E-state index in [0.717, 1.165) is 70.6 Å². The highest BCUT2D eigenvalue weighted by Gasteiger charge is 2.19. The van der Waals surface area contributed by atoms with Crippen LogP contribution in [-0.2, 0) is 28.6 Å². The quantitative estimate of drug-likeness (QED) is 0.0261. The van der Waals surface area contributed by atoms with Crippen LogP contribution in [0.4, 0.5) is 0 Å². The molecule has 0 radical (unpaired) electrons. The topological polar surface area (TPSA) is 78.9 Å². The molecule has 70 heavy (non-hydrogen) atoms. The summed E-state index contributed by atoms with van der Waals surface area (Å²) in [5.74, 6) is -0.861. The van der Waals surface area contributed by atoms with Crippen molar-refractivity contribution < 1.29 is 28.6 Å². The molecule has 0 heterocycles. The molecule has 0 fully saturated rings. The number of hydrogen-bond acceptors (Lipinski definition) is 6. The molecule has 0 rings (SSSR count). The second-order valence-electron chi connectivity index (χ2n) is 21.0. The van der Waals surface area contributed by atoms with Crippen molar-refractivity contribution in [1.82, 2.24) is 0 Å². The third-order valence-electron chi connectivity index (χ3n) is 13.9. The van der Waals surface area contributed by atoms with E-state index < -0.39 is 6.10 Å². The van der Waals surface area contributed by atoms with Crippen molar-refractivity contribution in [2.45, 2.75) is 341 Å². The van der Waals surface area contributed by atoms with Gasteiger partial charge in [0, 0.05) is 19.3 Å². The van der Waals surface area contributed by atoms with Gasteiger partial charge in [0.05, 0.1) is 0 Å². The first-order valence-corrected chi connectivity index (χ1v) is 31.0. The lowest BCUT2D eigenvalue weighted by molar-refractivity contribution is -0.167. The van der Waals surface area contributed by atoms with E-state index >= 15 is 0 Å². The molecule has 1 unspecified atom stereocenters. The molecule has 0 bridgehead atoms. The first kappa shape index (κ1) is 67.6. The van der Waals surface area contributed by atoms with Crippen LogP contribution in [-0.4, -0.2) is 37.2 Å². The molecule has 0 aliphatic carbocycles. The molecular weight excluding hydrogens is 865 g/mol. The fraction of sp³-hybridized carbons (Fsp3) is 0.859. The van der Waals surface area contributed by atoms with Crippen molar-refractivity contribution in [1.29, 1.82) is 0 Å². The number of hydrogen-bond donors (Lipinski definition) is 0. The average molecular weight is 984 g/mol. The van der Waals surface area contributed by atoms with Crippen molar-refractivity contribution in [3.8, 4) is 0 Å². The summed E-state index contributed by atoms with van der Waals surface area (Å²) < 4.78 is 16.9. The van der Waals surface area contributed by atoms with E-state index in [1.54, 1.807) is 0 Å². The van der Waals surface area contributed by atoms with Gasteiger partial charge in [-0.2, -0.15) is 0 Å². The summed E-state index contributed by atoms with van der Waals surface area (Å²) in [4.78, 5) is 38.2. The van der Waals surface area contributed by atoms with E-state index in [1.807, 2.05) is 0 Å². The van der Waals surface area contributed by atoms with Gasteiger partial charge in [-0.15, -0.1) is 0 Å². The van der Waals surface area contributed by atoms with Gasteiger partial charge in [-0.3, -0.25) is 14.4 Å². The Morgan fingerprint density at radius 3 is 0.800 bits per heavy atom. The Kier molecular flexibility index (Phi) is 57.2. The van der Waals surface area contributed by atoms with E-state index in [1.165, 1.54) is 225 Å². The van der Waals surface area contributed by atoms with Gasteiger partial charge < -0.3 is 14.2 Å². The number of carbonyl (C=O) groups is 3. The molecule has 0 saturated heterocycles. The Morgan fingerprint density at radius 1 is 0.286 bits per heavy atom. The molecule has 0 aromatic heterocycles. The predicted molar refractivity (Wildman–Crippen MR) is 302 cm³/mol. The van der Waals surface area contributed by atoms with Crippen molar-refractivity contribution in [2.24, 2.45) is 0 Å². The van der Waals surface area contributed by atoms with E-state index in [2.05, 4.69) is 57.2 Å². The van der Waals surface area contributed by atoms with Gasteiger partial charge in [0.2, 0.25) is 0 Å². The minimum atomic E-state index is -0.773. The van der Waals surface area contributed by atoms with Gasteiger partial charge in [-0.05, 0) is 77.0 Å². The molecular formula is C64H118O6. The molecule has 1 atom stereocenters. The first-order chi connectivity index (χ1) is 34.5. The zero-order chi connectivity index (χ0) is 50.7. The SMILES string of the molecule is CCCCCCC/C=C\C/C=C\CCCCCCCCCCCCCCCC(=O)OCC(COC(=O)CCCCCCCCCCCCCC)OC(=O)CCCCCCC/C=C\CCCCCCCC. The third-order valence-corrected chi connectivity index (χ3v) is 13.9. The molecule has 0 spiro atoms. The van der Waals surface area contributed by atoms with Crippen LogP contribution < -0.4 is 0 Å². The van der Waals surface area contributed by atoms with Crippen LogP contribution >= 0.6 is 0 Å². The Labute approximate surface area is 435 Å². The first-order valence-electron chi connectivity index (χ1n) is 31.0. The fourth-order valence-electron chi connectivity index (χ4n) is 9.18. The van der Waals surface area contributed by atoms with Gasteiger partial charge >= 0.3 is 17.9 Å². The number of ether oxygens (including phenoxy) is 3. The highest BCUT2D eigenvalue weighted by Crippen LogP contribution is 2.17. The van der Waals surface area contributed by atoms with E-state index in [4.69, 9.17) is 14.2 Å². The Bertz CT molecular complexity index is 1170. The van der Waals surface area contributed by atoms with Crippen LogP contribution in [0, 0.1) is 0 Å². The summed E-state index contributed by atoms with van der Waals surface area (Å²) in [5, 5.41) is 0.